The molecule has 1 N–H and O–H groups in total. The Labute approximate surface area is 173 Å². The lowest BCUT2D eigenvalue weighted by molar-refractivity contribution is -0.123. The molecule has 1 aliphatic heterocycles. The van der Waals surface area contributed by atoms with Crippen molar-refractivity contribution in [2.75, 3.05) is 18.4 Å². The van der Waals surface area contributed by atoms with Gasteiger partial charge in [-0.05, 0) is 50.1 Å². The van der Waals surface area contributed by atoms with E-state index >= 15 is 0 Å². The third-order valence-corrected chi connectivity index (χ3v) is 6.52. The number of ether oxygens (including phenoxy) is 1. The number of esters is 1. The van der Waals surface area contributed by atoms with Crippen molar-refractivity contribution in [3.8, 4) is 0 Å². The Balaban J connectivity index is 1.67. The fraction of sp³-hybridized carbons (Fsp3) is 0.316. The zero-order valence-corrected chi connectivity index (χ0v) is 17.2. The molecular formula is C19H20ClN3O5S. The molecule has 29 heavy (non-hydrogen) atoms. The van der Waals surface area contributed by atoms with Gasteiger partial charge in [-0.25, -0.2) is 18.2 Å². The minimum atomic E-state index is -3.66. The van der Waals surface area contributed by atoms with Crippen LogP contribution in [0.25, 0.3) is 0 Å². The number of amides is 1. The number of nitrogens with zero attached hydrogens (tertiary/aromatic N) is 2. The van der Waals surface area contributed by atoms with Gasteiger partial charge in [-0.3, -0.25) is 4.79 Å². The van der Waals surface area contributed by atoms with Crippen LogP contribution in [0.15, 0.2) is 47.5 Å². The molecule has 0 aliphatic carbocycles. The monoisotopic (exact) mass is 437 g/mol. The fourth-order valence-corrected chi connectivity index (χ4v) is 4.50. The second-order valence-electron chi connectivity index (χ2n) is 6.54. The highest BCUT2D eigenvalue weighted by atomic mass is 35.5. The third kappa shape index (κ3) is 5.11. The number of carbonyl (C=O) groups is 2. The Morgan fingerprint density at radius 3 is 2.59 bits per heavy atom. The van der Waals surface area contributed by atoms with E-state index in [1.165, 1.54) is 47.8 Å². The first-order valence-corrected chi connectivity index (χ1v) is 10.8. The summed E-state index contributed by atoms with van der Waals surface area (Å²) >= 11 is 5.74. The van der Waals surface area contributed by atoms with Gasteiger partial charge >= 0.3 is 5.97 Å². The Kier molecular flexibility index (Phi) is 6.51. The number of carbonyl (C=O) groups excluding carboxylic acids is 2. The number of sulfonamides is 1. The molecule has 1 aliphatic rings. The highest BCUT2D eigenvalue weighted by molar-refractivity contribution is 7.89. The number of benzene rings is 1. The summed E-state index contributed by atoms with van der Waals surface area (Å²) in [6.45, 7) is 2.34. The van der Waals surface area contributed by atoms with E-state index in [2.05, 4.69) is 10.3 Å². The number of halogens is 1. The van der Waals surface area contributed by atoms with E-state index in [4.69, 9.17) is 16.3 Å². The Hall–Kier alpha value is -2.49. The van der Waals surface area contributed by atoms with Crippen LogP contribution in [0.5, 0.6) is 0 Å². The van der Waals surface area contributed by atoms with Crippen molar-refractivity contribution in [3.63, 3.8) is 0 Å². The summed E-state index contributed by atoms with van der Waals surface area (Å²) in [7, 11) is -3.66. The topological polar surface area (TPSA) is 106 Å². The van der Waals surface area contributed by atoms with Gasteiger partial charge < -0.3 is 10.1 Å². The van der Waals surface area contributed by atoms with Crippen LogP contribution in [0.1, 0.15) is 30.1 Å². The molecule has 154 valence electrons. The fourth-order valence-electron chi connectivity index (χ4n) is 2.82. The average molecular weight is 438 g/mol. The van der Waals surface area contributed by atoms with Gasteiger partial charge in [0, 0.05) is 19.3 Å². The molecule has 1 fully saturated rings. The van der Waals surface area contributed by atoms with Crippen LogP contribution in [0.4, 0.5) is 5.82 Å². The molecule has 1 atom stereocenters. The number of pyridine rings is 1. The summed E-state index contributed by atoms with van der Waals surface area (Å²) in [4.78, 5) is 28.6. The lowest BCUT2D eigenvalue weighted by Crippen LogP contribution is -2.30. The van der Waals surface area contributed by atoms with Crippen LogP contribution < -0.4 is 5.32 Å². The van der Waals surface area contributed by atoms with Gasteiger partial charge in [0.2, 0.25) is 10.0 Å². The van der Waals surface area contributed by atoms with Gasteiger partial charge in [-0.1, -0.05) is 17.7 Å². The van der Waals surface area contributed by atoms with Gasteiger partial charge in [-0.2, -0.15) is 4.31 Å². The quantitative estimate of drug-likeness (QED) is 0.696. The highest BCUT2D eigenvalue weighted by Crippen LogP contribution is 2.22. The van der Waals surface area contributed by atoms with Crippen LogP contribution in [-0.2, 0) is 19.6 Å². The first-order valence-electron chi connectivity index (χ1n) is 9.01. The Morgan fingerprint density at radius 1 is 1.21 bits per heavy atom. The number of anilines is 1. The molecule has 0 bridgehead atoms. The molecule has 10 heteroatoms. The molecule has 1 saturated heterocycles. The number of nitrogens with one attached hydrogen (secondary N) is 1. The standard InChI is InChI=1S/C19H20ClN3O5S/c1-13(18(24)22-17-8-7-15(20)12-21-17)28-19(25)14-5-4-6-16(11-14)29(26,27)23-9-2-3-10-23/h4-8,11-13H,2-3,9-10H2,1H3,(H,21,22,24)/t13-/m0/s1. The van der Waals surface area contributed by atoms with E-state index in [0.717, 1.165) is 12.8 Å². The zero-order chi connectivity index (χ0) is 21.0. The van der Waals surface area contributed by atoms with Crippen molar-refractivity contribution in [2.45, 2.75) is 30.8 Å². The zero-order valence-electron chi connectivity index (χ0n) is 15.7. The van der Waals surface area contributed by atoms with Crippen LogP contribution in [0, 0.1) is 0 Å². The van der Waals surface area contributed by atoms with Crippen LogP contribution in [-0.4, -0.2) is 48.8 Å². The summed E-state index contributed by atoms with van der Waals surface area (Å²) in [6, 6.07) is 8.70. The summed E-state index contributed by atoms with van der Waals surface area (Å²) < 4.78 is 31.9. The van der Waals surface area contributed by atoms with Crippen molar-refractivity contribution in [1.29, 1.82) is 0 Å². The highest BCUT2D eigenvalue weighted by Gasteiger charge is 2.28. The molecule has 2 aromatic rings. The van der Waals surface area contributed by atoms with Crippen molar-refractivity contribution in [3.05, 3.63) is 53.2 Å². The third-order valence-electron chi connectivity index (χ3n) is 4.40. The van der Waals surface area contributed by atoms with Crippen molar-refractivity contribution in [1.82, 2.24) is 9.29 Å². The molecule has 0 radical (unpaired) electrons. The first-order chi connectivity index (χ1) is 13.8. The minimum Gasteiger partial charge on any atom is -0.449 e. The van der Waals surface area contributed by atoms with E-state index in [9.17, 15) is 18.0 Å². The van der Waals surface area contributed by atoms with Crippen LogP contribution >= 0.6 is 11.6 Å². The van der Waals surface area contributed by atoms with Crippen molar-refractivity contribution in [2.24, 2.45) is 0 Å². The molecule has 1 aromatic heterocycles. The van der Waals surface area contributed by atoms with E-state index < -0.39 is 28.0 Å². The largest absolute Gasteiger partial charge is 0.449 e. The van der Waals surface area contributed by atoms with E-state index in [-0.39, 0.29) is 16.3 Å². The second-order valence-corrected chi connectivity index (χ2v) is 8.91. The maximum absolute atomic E-state index is 12.7. The van der Waals surface area contributed by atoms with Gasteiger partial charge in [0.15, 0.2) is 6.10 Å². The molecule has 8 nitrogen and oxygen atoms in total. The van der Waals surface area contributed by atoms with Gasteiger partial charge in [0.1, 0.15) is 5.82 Å². The summed E-state index contributed by atoms with van der Waals surface area (Å²) in [5.41, 5.74) is 0.0505. The minimum absolute atomic E-state index is 0.0244. The normalized spacial score (nSPS) is 15.7. The molecule has 3 rings (SSSR count). The lowest BCUT2D eigenvalue weighted by Gasteiger charge is -2.16. The number of aromatic nitrogens is 1. The van der Waals surface area contributed by atoms with Crippen molar-refractivity contribution >= 4 is 39.3 Å². The maximum Gasteiger partial charge on any atom is 0.338 e. The summed E-state index contributed by atoms with van der Waals surface area (Å²) in [5, 5.41) is 2.93. The molecule has 0 saturated carbocycles. The molecule has 0 spiro atoms. The molecule has 1 amide bonds. The van der Waals surface area contributed by atoms with Crippen LogP contribution in [0.2, 0.25) is 5.02 Å². The van der Waals surface area contributed by atoms with E-state index in [0.29, 0.717) is 18.1 Å². The van der Waals surface area contributed by atoms with Gasteiger partial charge in [0.05, 0.1) is 15.5 Å². The Bertz CT molecular complexity index is 1000. The van der Waals surface area contributed by atoms with E-state index in [1.807, 2.05) is 0 Å². The number of hydrogen-bond acceptors (Lipinski definition) is 6. The molecule has 1 aromatic carbocycles. The van der Waals surface area contributed by atoms with Crippen molar-refractivity contribution < 1.29 is 22.7 Å². The molecular weight excluding hydrogens is 418 g/mol. The lowest BCUT2D eigenvalue weighted by atomic mass is 10.2. The number of rotatable bonds is 6. The first kappa shape index (κ1) is 21.2. The predicted octanol–water partition coefficient (Wildman–Crippen LogP) is 2.70. The summed E-state index contributed by atoms with van der Waals surface area (Å²) in [5.74, 6) is -1.11. The smallest absolute Gasteiger partial charge is 0.338 e. The number of hydrogen-bond donors (Lipinski definition) is 1. The molecule has 2 heterocycles. The summed E-state index contributed by atoms with van der Waals surface area (Å²) in [6.07, 6.45) is 1.89. The maximum atomic E-state index is 12.7. The Morgan fingerprint density at radius 2 is 1.93 bits per heavy atom. The SMILES string of the molecule is C[C@H](OC(=O)c1cccc(S(=O)(=O)N2CCCC2)c1)C(=O)Nc1ccc(Cl)cn1. The second kappa shape index (κ2) is 8.89. The average Bonchev–Trinajstić information content (AvgIpc) is 3.25. The molecule has 0 unspecified atom stereocenters. The predicted molar refractivity (Wildman–Crippen MR) is 107 cm³/mol. The van der Waals surface area contributed by atoms with Gasteiger partial charge in [0.25, 0.3) is 5.91 Å². The van der Waals surface area contributed by atoms with Gasteiger partial charge in [-0.15, -0.1) is 0 Å². The van der Waals surface area contributed by atoms with Crippen LogP contribution in [0.3, 0.4) is 0 Å². The van der Waals surface area contributed by atoms with E-state index in [1.54, 1.807) is 6.07 Å².